The third-order valence-corrected chi connectivity index (χ3v) is 3.77. The molecule has 0 saturated carbocycles. The third-order valence-electron chi connectivity index (χ3n) is 3.77. The molecular formula is C14H14FNO. The molecule has 2 aliphatic heterocycles. The smallest absolute Gasteiger partial charge is 0.246 e. The van der Waals surface area contributed by atoms with E-state index in [1.807, 2.05) is 23.1 Å². The highest BCUT2D eigenvalue weighted by Gasteiger charge is 2.37. The van der Waals surface area contributed by atoms with Crippen LogP contribution < -0.4 is 0 Å². The Hall–Kier alpha value is -1.64. The lowest BCUT2D eigenvalue weighted by atomic mass is 9.89. The molecule has 1 fully saturated rings. The van der Waals surface area contributed by atoms with E-state index in [0.717, 1.165) is 24.9 Å². The summed E-state index contributed by atoms with van der Waals surface area (Å²) in [6, 6.07) is 6.94. The molecule has 2 heterocycles. The molecule has 88 valence electrons. The largest absolute Gasteiger partial charge is 0.335 e. The van der Waals surface area contributed by atoms with Crippen molar-refractivity contribution in [3.05, 3.63) is 47.8 Å². The molecule has 1 aromatic carbocycles. The molecule has 1 amide bonds. The molecule has 2 unspecified atom stereocenters. The molecule has 2 atom stereocenters. The Bertz CT molecular complexity index is 466. The van der Waals surface area contributed by atoms with Crippen LogP contribution in [0, 0.1) is 5.82 Å². The van der Waals surface area contributed by atoms with Gasteiger partial charge in [-0.3, -0.25) is 4.79 Å². The van der Waals surface area contributed by atoms with Crippen molar-refractivity contribution in [1.29, 1.82) is 0 Å². The maximum absolute atomic E-state index is 12.9. The van der Waals surface area contributed by atoms with E-state index in [2.05, 4.69) is 0 Å². The van der Waals surface area contributed by atoms with Crippen LogP contribution in [0.25, 0.3) is 0 Å². The summed E-state index contributed by atoms with van der Waals surface area (Å²) < 4.78 is 12.9. The van der Waals surface area contributed by atoms with Crippen LogP contribution in [0.4, 0.5) is 4.39 Å². The van der Waals surface area contributed by atoms with E-state index in [9.17, 15) is 9.18 Å². The van der Waals surface area contributed by atoms with Crippen LogP contribution >= 0.6 is 0 Å². The minimum Gasteiger partial charge on any atom is -0.335 e. The summed E-state index contributed by atoms with van der Waals surface area (Å²) in [5.74, 6) is 0.263. The van der Waals surface area contributed by atoms with Crippen molar-refractivity contribution in [3.63, 3.8) is 0 Å². The zero-order valence-electron chi connectivity index (χ0n) is 9.47. The van der Waals surface area contributed by atoms with E-state index >= 15 is 0 Å². The van der Waals surface area contributed by atoms with Gasteiger partial charge in [-0.05, 0) is 36.6 Å². The monoisotopic (exact) mass is 231 g/mol. The summed E-state index contributed by atoms with van der Waals surface area (Å²) in [6.45, 7) is 0.815. The maximum atomic E-state index is 12.9. The lowest BCUT2D eigenvalue weighted by Gasteiger charge is -2.29. The van der Waals surface area contributed by atoms with Crippen molar-refractivity contribution in [2.75, 3.05) is 6.54 Å². The lowest BCUT2D eigenvalue weighted by Crippen LogP contribution is -2.38. The first kappa shape index (κ1) is 10.5. The molecule has 1 saturated heterocycles. The summed E-state index contributed by atoms with van der Waals surface area (Å²) in [7, 11) is 0. The molecule has 0 bridgehead atoms. The van der Waals surface area contributed by atoms with Gasteiger partial charge in [-0.1, -0.05) is 18.2 Å². The van der Waals surface area contributed by atoms with Crippen LogP contribution in [0.15, 0.2) is 36.4 Å². The SMILES string of the molecule is O=C1C=CCC2C(c3ccc(F)cc3)CCN12. The fourth-order valence-corrected chi connectivity index (χ4v) is 2.92. The van der Waals surface area contributed by atoms with Crippen LogP contribution in [0.1, 0.15) is 24.3 Å². The first-order valence-corrected chi connectivity index (χ1v) is 5.98. The van der Waals surface area contributed by atoms with Gasteiger partial charge in [-0.25, -0.2) is 4.39 Å². The van der Waals surface area contributed by atoms with Crippen molar-refractivity contribution in [3.8, 4) is 0 Å². The molecular weight excluding hydrogens is 217 g/mol. The summed E-state index contributed by atoms with van der Waals surface area (Å²) in [5.41, 5.74) is 1.14. The van der Waals surface area contributed by atoms with Crippen LogP contribution in [-0.4, -0.2) is 23.4 Å². The molecule has 3 rings (SSSR count). The fraction of sp³-hybridized carbons (Fsp3) is 0.357. The van der Waals surface area contributed by atoms with Gasteiger partial charge in [-0.2, -0.15) is 0 Å². The van der Waals surface area contributed by atoms with Gasteiger partial charge in [0, 0.05) is 18.5 Å². The highest BCUT2D eigenvalue weighted by atomic mass is 19.1. The second kappa shape index (κ2) is 3.99. The minimum absolute atomic E-state index is 0.117. The first-order valence-electron chi connectivity index (χ1n) is 5.98. The van der Waals surface area contributed by atoms with Gasteiger partial charge in [0.2, 0.25) is 5.91 Å². The van der Waals surface area contributed by atoms with E-state index in [4.69, 9.17) is 0 Å². The molecule has 17 heavy (non-hydrogen) atoms. The Morgan fingerprint density at radius 3 is 2.76 bits per heavy atom. The topological polar surface area (TPSA) is 20.3 Å². The van der Waals surface area contributed by atoms with Crippen molar-refractivity contribution in [2.24, 2.45) is 0 Å². The molecule has 2 aliphatic rings. The quantitative estimate of drug-likeness (QED) is 0.727. The number of benzene rings is 1. The Morgan fingerprint density at radius 1 is 1.24 bits per heavy atom. The third kappa shape index (κ3) is 1.75. The van der Waals surface area contributed by atoms with E-state index < -0.39 is 0 Å². The molecule has 0 aromatic heterocycles. The van der Waals surface area contributed by atoms with Gasteiger partial charge in [0.05, 0.1) is 0 Å². The number of fused-ring (bicyclic) bond motifs is 1. The van der Waals surface area contributed by atoms with Crippen LogP contribution in [0.5, 0.6) is 0 Å². The Balaban J connectivity index is 1.88. The molecule has 3 heteroatoms. The molecule has 0 radical (unpaired) electrons. The van der Waals surface area contributed by atoms with Crippen LogP contribution in [0.2, 0.25) is 0 Å². The number of halogens is 1. The fourth-order valence-electron chi connectivity index (χ4n) is 2.92. The molecule has 0 spiro atoms. The Labute approximate surface area is 99.7 Å². The summed E-state index contributed by atoms with van der Waals surface area (Å²) in [6.07, 6.45) is 5.49. The van der Waals surface area contributed by atoms with Crippen molar-refractivity contribution in [1.82, 2.24) is 4.90 Å². The van der Waals surface area contributed by atoms with Crippen molar-refractivity contribution < 1.29 is 9.18 Å². The second-order valence-electron chi connectivity index (χ2n) is 4.68. The average Bonchev–Trinajstić information content (AvgIpc) is 2.75. The first-order chi connectivity index (χ1) is 8.25. The number of hydrogen-bond donors (Lipinski definition) is 0. The molecule has 0 N–H and O–H groups in total. The number of carbonyl (C=O) groups is 1. The van der Waals surface area contributed by atoms with Gasteiger partial charge in [0.1, 0.15) is 5.82 Å². The number of amides is 1. The number of carbonyl (C=O) groups excluding carboxylic acids is 1. The van der Waals surface area contributed by atoms with Crippen molar-refractivity contribution in [2.45, 2.75) is 24.8 Å². The van der Waals surface area contributed by atoms with Crippen molar-refractivity contribution >= 4 is 5.91 Å². The zero-order valence-corrected chi connectivity index (χ0v) is 9.47. The number of hydrogen-bond acceptors (Lipinski definition) is 1. The molecule has 2 nitrogen and oxygen atoms in total. The van der Waals surface area contributed by atoms with Gasteiger partial charge >= 0.3 is 0 Å². The van der Waals surface area contributed by atoms with Gasteiger partial charge in [0.25, 0.3) is 0 Å². The second-order valence-corrected chi connectivity index (χ2v) is 4.68. The number of nitrogens with zero attached hydrogens (tertiary/aromatic N) is 1. The maximum Gasteiger partial charge on any atom is 0.246 e. The van der Waals surface area contributed by atoms with Gasteiger partial charge < -0.3 is 4.90 Å². The summed E-state index contributed by atoms with van der Waals surface area (Å²) in [5, 5.41) is 0. The number of rotatable bonds is 1. The molecule has 0 aliphatic carbocycles. The predicted octanol–water partition coefficient (Wildman–Crippen LogP) is 2.47. The Morgan fingerprint density at radius 2 is 2.00 bits per heavy atom. The summed E-state index contributed by atoms with van der Waals surface area (Å²) in [4.78, 5) is 13.6. The minimum atomic E-state index is -0.205. The van der Waals surface area contributed by atoms with Gasteiger partial charge in [-0.15, -0.1) is 0 Å². The van der Waals surface area contributed by atoms with E-state index in [1.54, 1.807) is 6.08 Å². The average molecular weight is 231 g/mol. The Kier molecular flexibility index (Phi) is 2.46. The predicted molar refractivity (Wildman–Crippen MR) is 63.0 cm³/mol. The summed E-state index contributed by atoms with van der Waals surface area (Å²) >= 11 is 0. The lowest BCUT2D eigenvalue weighted by molar-refractivity contribution is -0.127. The van der Waals surface area contributed by atoms with E-state index in [1.165, 1.54) is 12.1 Å². The van der Waals surface area contributed by atoms with E-state index in [0.29, 0.717) is 5.92 Å². The standard InChI is InChI=1S/C14H14FNO/c15-11-6-4-10(5-7-11)12-8-9-16-13(12)2-1-3-14(16)17/h1,3-7,12-13H,2,8-9H2. The van der Waals surface area contributed by atoms with E-state index in [-0.39, 0.29) is 17.8 Å². The highest BCUT2D eigenvalue weighted by Crippen LogP contribution is 2.37. The van der Waals surface area contributed by atoms with Crippen LogP contribution in [0.3, 0.4) is 0 Å². The normalized spacial score (nSPS) is 27.4. The molecule has 1 aromatic rings. The van der Waals surface area contributed by atoms with Gasteiger partial charge in [0.15, 0.2) is 0 Å². The van der Waals surface area contributed by atoms with Crippen LogP contribution in [-0.2, 0) is 4.79 Å². The highest BCUT2D eigenvalue weighted by molar-refractivity contribution is 5.89. The zero-order chi connectivity index (χ0) is 11.8.